The molecule has 0 aliphatic carbocycles. The largest absolute Gasteiger partial charge is 0.466 e. The molecule has 0 spiro atoms. The zero-order chi connectivity index (χ0) is 10.9. The van der Waals surface area contributed by atoms with E-state index in [9.17, 15) is 9.59 Å². The van der Waals surface area contributed by atoms with Crippen LogP contribution in [0.4, 0.5) is 0 Å². The Morgan fingerprint density at radius 3 is 1.93 bits per heavy atom. The maximum Gasteiger partial charge on any atom is 0.313 e. The molecule has 0 bridgehead atoms. The van der Waals surface area contributed by atoms with Gasteiger partial charge in [-0.05, 0) is 20.8 Å². The fourth-order valence-corrected chi connectivity index (χ4v) is 0.415. The number of esters is 1. The molecule has 0 rings (SSSR count). The van der Waals surface area contributed by atoms with Gasteiger partial charge < -0.3 is 10.5 Å². The first-order chi connectivity index (χ1) is 5.90. The van der Waals surface area contributed by atoms with E-state index in [4.69, 9.17) is 5.73 Å². The van der Waals surface area contributed by atoms with Crippen LogP contribution in [0.1, 0.15) is 34.6 Å². The van der Waals surface area contributed by atoms with Gasteiger partial charge in [0.1, 0.15) is 12.2 Å². The van der Waals surface area contributed by atoms with E-state index in [1.807, 2.05) is 0 Å². The van der Waals surface area contributed by atoms with E-state index >= 15 is 0 Å². The Morgan fingerprint density at radius 2 is 1.71 bits per heavy atom. The molecule has 14 heavy (non-hydrogen) atoms. The predicted molar refractivity (Wildman–Crippen MR) is 61.1 cm³/mol. The first kappa shape index (κ1) is 18.7. The van der Waals surface area contributed by atoms with Gasteiger partial charge >= 0.3 is 5.97 Å². The van der Waals surface area contributed by atoms with E-state index in [0.29, 0.717) is 11.6 Å². The second-order valence-corrected chi connectivity index (χ2v) is 2.94. The summed E-state index contributed by atoms with van der Waals surface area (Å²) in [5.74, 6) is -0.599. The monoisotopic (exact) mass is 221 g/mol. The van der Waals surface area contributed by atoms with Gasteiger partial charge in [0.05, 0.1) is 11.6 Å². The summed E-state index contributed by atoms with van der Waals surface area (Å²) in [5.41, 5.74) is 4.84. The third-order valence-electron chi connectivity index (χ3n) is 0.699. The molecule has 5 heteroatoms. The molecule has 4 nitrogen and oxygen atoms in total. The standard InChI is InChI=1S/C6H10O3.C2H5NS.CH4/c1-3-9-6(8)4-5(2)7;1-2(3)4;/h3-4H2,1-2H3;1H3,(H2,3,4);1H4. The number of carbonyl (C=O) groups is 2. The topological polar surface area (TPSA) is 69.4 Å². The third-order valence-corrected chi connectivity index (χ3v) is 0.699. The average molecular weight is 221 g/mol. The van der Waals surface area contributed by atoms with Gasteiger partial charge in [0.15, 0.2) is 0 Å². The first-order valence-corrected chi connectivity index (χ1v) is 4.22. The van der Waals surface area contributed by atoms with E-state index in [-0.39, 0.29) is 19.6 Å². The molecular formula is C9H19NO3S. The summed E-state index contributed by atoms with van der Waals surface area (Å²) in [6, 6.07) is 0. The molecule has 0 aliphatic heterocycles. The Hall–Kier alpha value is -0.970. The molecule has 0 fully saturated rings. The Labute approximate surface area is 90.8 Å². The maximum absolute atomic E-state index is 10.4. The van der Waals surface area contributed by atoms with Crippen molar-refractivity contribution in [3.05, 3.63) is 0 Å². The summed E-state index contributed by atoms with van der Waals surface area (Å²) < 4.78 is 4.49. The molecular weight excluding hydrogens is 202 g/mol. The van der Waals surface area contributed by atoms with Crippen LogP contribution >= 0.6 is 12.2 Å². The minimum Gasteiger partial charge on any atom is -0.466 e. The molecule has 0 heterocycles. The minimum atomic E-state index is -0.440. The van der Waals surface area contributed by atoms with E-state index in [2.05, 4.69) is 17.0 Å². The quantitative estimate of drug-likeness (QED) is 0.444. The number of thiocarbonyl (C=S) groups is 1. The van der Waals surface area contributed by atoms with E-state index in [1.54, 1.807) is 13.8 Å². The van der Waals surface area contributed by atoms with Crippen molar-refractivity contribution in [1.29, 1.82) is 0 Å². The van der Waals surface area contributed by atoms with Gasteiger partial charge in [-0.3, -0.25) is 9.59 Å². The smallest absolute Gasteiger partial charge is 0.313 e. The van der Waals surface area contributed by atoms with Crippen molar-refractivity contribution in [3.63, 3.8) is 0 Å². The fraction of sp³-hybridized carbons (Fsp3) is 0.667. The van der Waals surface area contributed by atoms with Gasteiger partial charge in [-0.2, -0.15) is 0 Å². The van der Waals surface area contributed by atoms with E-state index < -0.39 is 5.97 Å². The van der Waals surface area contributed by atoms with Crippen molar-refractivity contribution in [2.75, 3.05) is 6.61 Å². The van der Waals surface area contributed by atoms with Crippen molar-refractivity contribution in [1.82, 2.24) is 0 Å². The van der Waals surface area contributed by atoms with Crippen LogP contribution in [0.2, 0.25) is 0 Å². The van der Waals surface area contributed by atoms with Crippen molar-refractivity contribution in [2.24, 2.45) is 5.73 Å². The molecule has 0 saturated heterocycles. The van der Waals surface area contributed by atoms with Crippen LogP contribution in [0.25, 0.3) is 0 Å². The summed E-state index contributed by atoms with van der Waals surface area (Å²) in [6.45, 7) is 5.08. The number of hydrogen-bond acceptors (Lipinski definition) is 4. The summed E-state index contributed by atoms with van der Waals surface area (Å²) >= 11 is 4.31. The first-order valence-electron chi connectivity index (χ1n) is 3.81. The predicted octanol–water partition coefficient (Wildman–Crippen LogP) is 1.46. The zero-order valence-electron chi connectivity index (χ0n) is 8.12. The van der Waals surface area contributed by atoms with E-state index in [1.165, 1.54) is 6.92 Å². The number of hydrogen-bond donors (Lipinski definition) is 1. The second-order valence-electron chi connectivity index (χ2n) is 2.29. The van der Waals surface area contributed by atoms with Crippen molar-refractivity contribution in [2.45, 2.75) is 34.6 Å². The highest BCUT2D eigenvalue weighted by molar-refractivity contribution is 7.80. The number of ether oxygens (including phenoxy) is 1. The summed E-state index contributed by atoms with van der Waals surface area (Å²) in [5, 5.41) is 0. The summed E-state index contributed by atoms with van der Waals surface area (Å²) in [6.07, 6.45) is -0.103. The van der Waals surface area contributed by atoms with Gasteiger partial charge in [-0.15, -0.1) is 0 Å². The molecule has 0 amide bonds. The van der Waals surface area contributed by atoms with Crippen LogP contribution in [0.5, 0.6) is 0 Å². The second kappa shape index (κ2) is 12.0. The lowest BCUT2D eigenvalue weighted by atomic mass is 10.3. The molecule has 0 aromatic rings. The molecule has 0 atom stereocenters. The highest BCUT2D eigenvalue weighted by Gasteiger charge is 2.03. The molecule has 2 N–H and O–H groups in total. The number of carbonyl (C=O) groups excluding carboxylic acids is 2. The number of nitrogens with two attached hydrogens (primary N) is 1. The molecule has 0 radical (unpaired) electrons. The highest BCUT2D eigenvalue weighted by Crippen LogP contribution is 1.86. The number of rotatable bonds is 3. The van der Waals surface area contributed by atoms with Crippen LogP contribution in [-0.4, -0.2) is 23.3 Å². The highest BCUT2D eigenvalue weighted by atomic mass is 32.1. The molecule has 0 aromatic heterocycles. The fourth-order valence-electron chi connectivity index (χ4n) is 0.415. The average Bonchev–Trinajstić information content (AvgIpc) is 1.83. The van der Waals surface area contributed by atoms with Gasteiger partial charge in [0.2, 0.25) is 0 Å². The van der Waals surface area contributed by atoms with Crippen LogP contribution in [0.15, 0.2) is 0 Å². The number of Topliss-reactive ketones (excluding diaryl/α,β-unsaturated/α-hetero) is 1. The molecule has 0 unspecified atom stereocenters. The molecule has 0 aliphatic rings. The van der Waals surface area contributed by atoms with Gasteiger partial charge in [0.25, 0.3) is 0 Å². The zero-order valence-corrected chi connectivity index (χ0v) is 8.94. The van der Waals surface area contributed by atoms with Crippen LogP contribution in [0.3, 0.4) is 0 Å². The minimum absolute atomic E-state index is 0. The lowest BCUT2D eigenvalue weighted by Gasteiger charge is -1.96. The van der Waals surface area contributed by atoms with Gasteiger partial charge in [-0.25, -0.2) is 0 Å². The Bertz CT molecular complexity index is 188. The SMILES string of the molecule is C.CC(N)=S.CCOC(=O)CC(C)=O. The van der Waals surface area contributed by atoms with Crippen molar-refractivity contribution < 1.29 is 14.3 Å². The van der Waals surface area contributed by atoms with Crippen LogP contribution in [-0.2, 0) is 14.3 Å². The van der Waals surface area contributed by atoms with Crippen LogP contribution in [0, 0.1) is 0 Å². The Balaban J connectivity index is -0.000000209. The lowest BCUT2D eigenvalue weighted by Crippen LogP contribution is -2.07. The van der Waals surface area contributed by atoms with Gasteiger partial charge in [-0.1, -0.05) is 19.6 Å². The van der Waals surface area contributed by atoms with Crippen molar-refractivity contribution in [3.8, 4) is 0 Å². The Morgan fingerprint density at radius 1 is 1.36 bits per heavy atom. The van der Waals surface area contributed by atoms with Crippen molar-refractivity contribution >= 4 is 29.0 Å². The third kappa shape index (κ3) is 30.5. The number of ketones is 1. The maximum atomic E-state index is 10.4. The lowest BCUT2D eigenvalue weighted by molar-refractivity contribution is -0.145. The van der Waals surface area contributed by atoms with Gasteiger partial charge in [0, 0.05) is 0 Å². The molecule has 0 aromatic carbocycles. The molecule has 84 valence electrons. The normalized spacial score (nSPS) is 7.36. The summed E-state index contributed by atoms with van der Waals surface area (Å²) in [7, 11) is 0. The Kier molecular flexibility index (Phi) is 16.1. The van der Waals surface area contributed by atoms with Crippen LogP contribution < -0.4 is 5.73 Å². The summed E-state index contributed by atoms with van der Waals surface area (Å²) in [4.78, 5) is 21.1. The molecule has 0 saturated carbocycles. The van der Waals surface area contributed by atoms with E-state index in [0.717, 1.165) is 0 Å².